The molecule has 0 saturated carbocycles. The zero-order chi connectivity index (χ0) is 13.4. The molecule has 4 N–H and O–H groups in total. The highest BCUT2D eigenvalue weighted by Crippen LogP contribution is 2.33. The van der Waals surface area contributed by atoms with Crippen LogP contribution in [0.4, 0.5) is 13.2 Å². The van der Waals surface area contributed by atoms with Crippen molar-refractivity contribution in [3.63, 3.8) is 0 Å². The highest BCUT2D eigenvalue weighted by molar-refractivity contribution is 5.40. The molecule has 0 saturated heterocycles. The first kappa shape index (κ1) is 12.9. The van der Waals surface area contributed by atoms with Crippen molar-refractivity contribution in [3.05, 3.63) is 59.7 Å². The monoisotopic (exact) mass is 254 g/mol. The van der Waals surface area contributed by atoms with E-state index >= 15 is 0 Å². The molecular weight excluding hydrogens is 241 g/mol. The van der Waals surface area contributed by atoms with Gasteiger partial charge in [-0.3, -0.25) is 0 Å². The van der Waals surface area contributed by atoms with Gasteiger partial charge in [0.2, 0.25) is 0 Å². The number of hydrogen-bond donors (Lipinski definition) is 2. The molecule has 1 aromatic carbocycles. The minimum Gasteiger partial charge on any atom is -0.322 e. The normalized spacial score (nSPS) is 27.5. The third-order valence-corrected chi connectivity index (χ3v) is 3.04. The number of rotatable bonds is 1. The van der Waals surface area contributed by atoms with E-state index in [1.165, 1.54) is 6.07 Å². The molecule has 5 heteroatoms. The lowest BCUT2D eigenvalue weighted by Gasteiger charge is -2.33. The van der Waals surface area contributed by atoms with Gasteiger partial charge in [-0.05, 0) is 17.7 Å². The summed E-state index contributed by atoms with van der Waals surface area (Å²) in [5.41, 5.74) is 10.5. The summed E-state index contributed by atoms with van der Waals surface area (Å²) in [6.45, 7) is 0. The smallest absolute Gasteiger partial charge is 0.322 e. The molecule has 1 aliphatic rings. The predicted octanol–water partition coefficient (Wildman–Crippen LogP) is 2.31. The minimum absolute atomic E-state index is 0.352. The second-order valence-corrected chi connectivity index (χ2v) is 4.28. The van der Waals surface area contributed by atoms with E-state index in [4.69, 9.17) is 11.5 Å². The summed E-state index contributed by atoms with van der Waals surface area (Å²) >= 11 is 0. The SMILES string of the molecule is NC1C=CC=CC1(N)c1cccc(C(F)(F)F)c1. The lowest BCUT2D eigenvalue weighted by molar-refractivity contribution is -0.137. The summed E-state index contributed by atoms with van der Waals surface area (Å²) in [6.07, 6.45) is 2.31. The first-order chi connectivity index (χ1) is 8.34. The third-order valence-electron chi connectivity index (χ3n) is 3.04. The Morgan fingerprint density at radius 2 is 1.89 bits per heavy atom. The summed E-state index contributed by atoms with van der Waals surface area (Å²) < 4.78 is 38.0. The standard InChI is InChI=1S/C13H13F3N2/c14-13(15,16)10-5-3-4-9(8-10)12(18)7-2-1-6-11(12)17/h1-8,11H,17-18H2. The minimum atomic E-state index is -4.38. The van der Waals surface area contributed by atoms with Crippen molar-refractivity contribution >= 4 is 0 Å². The molecular formula is C13H13F3N2. The van der Waals surface area contributed by atoms with E-state index in [9.17, 15) is 13.2 Å². The molecule has 18 heavy (non-hydrogen) atoms. The maximum atomic E-state index is 12.7. The molecule has 2 unspecified atom stereocenters. The van der Waals surface area contributed by atoms with Gasteiger partial charge < -0.3 is 11.5 Å². The first-order valence-corrected chi connectivity index (χ1v) is 5.42. The Bertz CT molecular complexity index is 505. The van der Waals surface area contributed by atoms with Gasteiger partial charge in [-0.2, -0.15) is 13.2 Å². The Kier molecular flexibility index (Phi) is 3.04. The molecule has 1 aromatic rings. The number of nitrogens with two attached hydrogens (primary N) is 2. The summed E-state index contributed by atoms with van der Waals surface area (Å²) in [5, 5.41) is 0. The Balaban J connectivity index is 2.46. The highest BCUT2D eigenvalue weighted by atomic mass is 19.4. The Morgan fingerprint density at radius 1 is 1.17 bits per heavy atom. The summed E-state index contributed by atoms with van der Waals surface area (Å²) in [7, 11) is 0. The largest absolute Gasteiger partial charge is 0.416 e. The van der Waals surface area contributed by atoms with Crippen molar-refractivity contribution in [2.75, 3.05) is 0 Å². The Hall–Kier alpha value is -1.59. The van der Waals surface area contributed by atoms with Crippen molar-refractivity contribution in [1.29, 1.82) is 0 Å². The topological polar surface area (TPSA) is 52.0 Å². The maximum Gasteiger partial charge on any atom is 0.416 e. The molecule has 96 valence electrons. The van der Waals surface area contributed by atoms with Gasteiger partial charge in [-0.25, -0.2) is 0 Å². The molecule has 0 aliphatic heterocycles. The van der Waals surface area contributed by atoms with Crippen LogP contribution < -0.4 is 11.5 Å². The van der Waals surface area contributed by atoms with Crippen LogP contribution in [-0.4, -0.2) is 6.04 Å². The van der Waals surface area contributed by atoms with Crippen molar-refractivity contribution in [1.82, 2.24) is 0 Å². The van der Waals surface area contributed by atoms with Gasteiger partial charge in [0.1, 0.15) is 0 Å². The van der Waals surface area contributed by atoms with Crippen LogP contribution in [0.2, 0.25) is 0 Å². The van der Waals surface area contributed by atoms with E-state index in [1.807, 2.05) is 0 Å². The average molecular weight is 254 g/mol. The fourth-order valence-corrected chi connectivity index (χ4v) is 1.92. The molecule has 0 aromatic heterocycles. The molecule has 0 bridgehead atoms. The van der Waals surface area contributed by atoms with E-state index in [2.05, 4.69) is 0 Å². The van der Waals surface area contributed by atoms with E-state index in [0.29, 0.717) is 5.56 Å². The van der Waals surface area contributed by atoms with Crippen LogP contribution in [0.15, 0.2) is 48.6 Å². The molecule has 0 amide bonds. The average Bonchev–Trinajstić information content (AvgIpc) is 2.32. The molecule has 2 rings (SSSR count). The van der Waals surface area contributed by atoms with Crippen LogP contribution in [0, 0.1) is 0 Å². The molecule has 2 nitrogen and oxygen atoms in total. The first-order valence-electron chi connectivity index (χ1n) is 5.42. The Morgan fingerprint density at radius 3 is 2.50 bits per heavy atom. The molecule has 0 fully saturated rings. The number of halogens is 3. The van der Waals surface area contributed by atoms with E-state index in [1.54, 1.807) is 30.4 Å². The van der Waals surface area contributed by atoms with Crippen LogP contribution in [0.5, 0.6) is 0 Å². The van der Waals surface area contributed by atoms with Gasteiger partial charge in [0.05, 0.1) is 11.1 Å². The molecule has 0 heterocycles. The Labute approximate surface area is 103 Å². The fraction of sp³-hybridized carbons (Fsp3) is 0.231. The van der Waals surface area contributed by atoms with Crippen LogP contribution in [0.3, 0.4) is 0 Å². The van der Waals surface area contributed by atoms with E-state index in [-0.39, 0.29) is 0 Å². The quantitative estimate of drug-likeness (QED) is 0.808. The van der Waals surface area contributed by atoms with Gasteiger partial charge >= 0.3 is 6.18 Å². The zero-order valence-corrected chi connectivity index (χ0v) is 9.48. The van der Waals surface area contributed by atoms with Gasteiger partial charge in [-0.1, -0.05) is 36.4 Å². The van der Waals surface area contributed by atoms with Gasteiger partial charge in [0, 0.05) is 6.04 Å². The molecule has 0 spiro atoms. The predicted molar refractivity (Wildman–Crippen MR) is 63.6 cm³/mol. The lowest BCUT2D eigenvalue weighted by atomic mass is 9.81. The lowest BCUT2D eigenvalue weighted by Crippen LogP contribution is -2.51. The fourth-order valence-electron chi connectivity index (χ4n) is 1.92. The molecule has 2 atom stereocenters. The molecule has 1 aliphatic carbocycles. The number of hydrogen-bond acceptors (Lipinski definition) is 2. The van der Waals surface area contributed by atoms with Crippen LogP contribution in [0.25, 0.3) is 0 Å². The number of alkyl halides is 3. The zero-order valence-electron chi connectivity index (χ0n) is 9.48. The van der Waals surface area contributed by atoms with Crippen molar-refractivity contribution in [3.8, 4) is 0 Å². The molecule has 0 radical (unpaired) electrons. The van der Waals surface area contributed by atoms with Crippen molar-refractivity contribution in [2.45, 2.75) is 17.8 Å². The summed E-state index contributed by atoms with van der Waals surface area (Å²) in [4.78, 5) is 0. The highest BCUT2D eigenvalue weighted by Gasteiger charge is 2.35. The van der Waals surface area contributed by atoms with Crippen molar-refractivity contribution < 1.29 is 13.2 Å². The number of benzene rings is 1. The summed E-state index contributed by atoms with van der Waals surface area (Å²) in [6, 6.07) is 4.40. The maximum absolute atomic E-state index is 12.7. The second kappa shape index (κ2) is 4.26. The van der Waals surface area contributed by atoms with Gasteiger partial charge in [0.15, 0.2) is 0 Å². The van der Waals surface area contributed by atoms with Gasteiger partial charge in [0.25, 0.3) is 0 Å². The van der Waals surface area contributed by atoms with Gasteiger partial charge in [-0.15, -0.1) is 0 Å². The van der Waals surface area contributed by atoms with E-state index < -0.39 is 23.3 Å². The van der Waals surface area contributed by atoms with E-state index in [0.717, 1.165) is 12.1 Å². The summed E-state index contributed by atoms with van der Waals surface area (Å²) in [5.74, 6) is 0. The second-order valence-electron chi connectivity index (χ2n) is 4.28. The van der Waals surface area contributed by atoms with Crippen LogP contribution in [-0.2, 0) is 11.7 Å². The number of allylic oxidation sites excluding steroid dienone is 2. The van der Waals surface area contributed by atoms with Crippen LogP contribution in [0.1, 0.15) is 11.1 Å². The third kappa shape index (κ3) is 2.19. The van der Waals surface area contributed by atoms with Crippen LogP contribution >= 0.6 is 0 Å². The van der Waals surface area contributed by atoms with Crippen molar-refractivity contribution in [2.24, 2.45) is 11.5 Å².